The molecule has 0 aliphatic carbocycles. The predicted octanol–water partition coefficient (Wildman–Crippen LogP) is -0.525. The Morgan fingerprint density at radius 2 is 1.75 bits per heavy atom. The Balaban J connectivity index is 2.45. The highest BCUT2D eigenvalue weighted by molar-refractivity contribution is 5.68. The second kappa shape index (κ2) is 6.38. The summed E-state index contributed by atoms with van der Waals surface area (Å²) in [5.74, 6) is -1.14. The second-order valence-electron chi connectivity index (χ2n) is 5.67. The third kappa shape index (κ3) is 4.95. The van der Waals surface area contributed by atoms with Crippen LogP contribution in [0.2, 0.25) is 0 Å². The fraction of sp³-hybridized carbons (Fsp3) is 0.833. The number of hydrogen-bond donors (Lipinski definition) is 4. The Morgan fingerprint density at radius 3 is 2.25 bits per heavy atom. The van der Waals surface area contributed by atoms with Crippen molar-refractivity contribution in [1.82, 2.24) is 5.32 Å². The van der Waals surface area contributed by atoms with Gasteiger partial charge in [-0.05, 0) is 20.8 Å². The van der Waals surface area contributed by atoms with Gasteiger partial charge in [-0.2, -0.15) is 0 Å². The van der Waals surface area contributed by atoms with Crippen molar-refractivity contribution in [3.05, 3.63) is 0 Å². The Hall–Kier alpha value is -1.38. The molecule has 116 valence electrons. The van der Waals surface area contributed by atoms with Crippen LogP contribution in [0, 0.1) is 0 Å². The summed E-state index contributed by atoms with van der Waals surface area (Å²) in [7, 11) is 0. The molecule has 0 unspecified atom stereocenters. The van der Waals surface area contributed by atoms with Crippen molar-refractivity contribution in [2.24, 2.45) is 0 Å². The zero-order valence-electron chi connectivity index (χ0n) is 11.7. The minimum Gasteiger partial charge on any atom is -0.481 e. The molecule has 1 aliphatic heterocycles. The molecule has 0 radical (unpaired) electrons. The molecule has 0 bridgehead atoms. The summed E-state index contributed by atoms with van der Waals surface area (Å²) < 4.78 is 10.2. The van der Waals surface area contributed by atoms with E-state index in [1.165, 1.54) is 0 Å². The topological polar surface area (TPSA) is 125 Å². The summed E-state index contributed by atoms with van der Waals surface area (Å²) in [5.41, 5.74) is -0.648. The van der Waals surface area contributed by atoms with Crippen molar-refractivity contribution in [3.63, 3.8) is 0 Å². The molecule has 8 heteroatoms. The normalized spacial score (nSPS) is 30.1. The standard InChI is InChI=1S/C12H21NO7/c1-12(2,3)20-11(18)13-5-7-10(17)9(16)6(19-7)4-8(14)15/h6-7,9-10,16-17H,4-5H2,1-3H3,(H,13,18)(H,14,15)/t6-,7+,9-,10+/m0/s1. The molecule has 1 aliphatic rings. The molecule has 20 heavy (non-hydrogen) atoms. The molecule has 0 aromatic heterocycles. The van der Waals surface area contributed by atoms with Gasteiger partial charge in [0, 0.05) is 6.54 Å². The van der Waals surface area contributed by atoms with Crippen LogP contribution in [0.5, 0.6) is 0 Å². The van der Waals surface area contributed by atoms with E-state index in [-0.39, 0.29) is 6.54 Å². The molecule has 1 heterocycles. The molecular weight excluding hydrogens is 270 g/mol. The van der Waals surface area contributed by atoms with Crippen LogP contribution < -0.4 is 5.32 Å². The van der Waals surface area contributed by atoms with Crippen molar-refractivity contribution in [2.45, 2.75) is 57.2 Å². The van der Waals surface area contributed by atoms with Crippen LogP contribution in [-0.4, -0.2) is 63.9 Å². The van der Waals surface area contributed by atoms with Crippen LogP contribution in [0.1, 0.15) is 27.2 Å². The lowest BCUT2D eigenvalue weighted by atomic mass is 10.1. The quantitative estimate of drug-likeness (QED) is 0.549. The number of ether oxygens (including phenoxy) is 2. The number of carboxylic acid groups (broad SMARTS) is 1. The lowest BCUT2D eigenvalue weighted by molar-refractivity contribution is -0.141. The van der Waals surface area contributed by atoms with Crippen LogP contribution in [-0.2, 0) is 14.3 Å². The Labute approximate surface area is 116 Å². The first-order chi connectivity index (χ1) is 9.10. The van der Waals surface area contributed by atoms with Crippen molar-refractivity contribution < 1.29 is 34.4 Å². The minimum atomic E-state index is -1.29. The third-order valence-electron chi connectivity index (χ3n) is 2.68. The van der Waals surface area contributed by atoms with Crippen molar-refractivity contribution in [3.8, 4) is 0 Å². The molecule has 0 spiro atoms. The van der Waals surface area contributed by atoms with E-state index < -0.39 is 48.5 Å². The number of aliphatic hydroxyl groups is 2. The van der Waals surface area contributed by atoms with Crippen LogP contribution in [0.25, 0.3) is 0 Å². The van der Waals surface area contributed by atoms with Gasteiger partial charge in [-0.25, -0.2) is 4.79 Å². The Bertz CT molecular complexity index is 365. The van der Waals surface area contributed by atoms with Crippen LogP contribution in [0.4, 0.5) is 4.79 Å². The summed E-state index contributed by atoms with van der Waals surface area (Å²) in [6, 6.07) is 0. The largest absolute Gasteiger partial charge is 0.481 e. The predicted molar refractivity (Wildman–Crippen MR) is 67.2 cm³/mol. The first kappa shape index (κ1) is 16.7. The van der Waals surface area contributed by atoms with Crippen LogP contribution in [0.15, 0.2) is 0 Å². The molecule has 1 saturated heterocycles. The van der Waals surface area contributed by atoms with Crippen molar-refractivity contribution in [2.75, 3.05) is 6.54 Å². The van der Waals surface area contributed by atoms with Gasteiger partial charge < -0.3 is 30.1 Å². The average Bonchev–Trinajstić information content (AvgIpc) is 2.52. The number of rotatable bonds is 4. The average molecular weight is 291 g/mol. The molecule has 0 saturated carbocycles. The molecule has 0 aromatic rings. The number of alkyl carbamates (subject to hydrolysis) is 1. The molecule has 1 amide bonds. The van der Waals surface area contributed by atoms with Crippen molar-refractivity contribution >= 4 is 12.1 Å². The van der Waals surface area contributed by atoms with Gasteiger partial charge >= 0.3 is 12.1 Å². The molecule has 1 rings (SSSR count). The van der Waals surface area contributed by atoms with E-state index >= 15 is 0 Å². The second-order valence-corrected chi connectivity index (χ2v) is 5.67. The van der Waals surface area contributed by atoms with E-state index in [4.69, 9.17) is 14.6 Å². The highest BCUT2D eigenvalue weighted by atomic mass is 16.6. The van der Waals surface area contributed by atoms with Gasteiger partial charge in [-0.1, -0.05) is 0 Å². The summed E-state index contributed by atoms with van der Waals surface area (Å²) in [6.07, 6.45) is -5.51. The number of aliphatic hydroxyl groups excluding tert-OH is 2. The summed E-state index contributed by atoms with van der Waals surface area (Å²) in [4.78, 5) is 22.0. The maximum Gasteiger partial charge on any atom is 0.407 e. The van der Waals surface area contributed by atoms with E-state index in [1.54, 1.807) is 20.8 Å². The summed E-state index contributed by atoms with van der Waals surface area (Å²) in [6.45, 7) is 5.05. The number of carbonyl (C=O) groups excluding carboxylic acids is 1. The van der Waals surface area contributed by atoms with E-state index in [1.807, 2.05) is 0 Å². The summed E-state index contributed by atoms with van der Waals surface area (Å²) >= 11 is 0. The van der Waals surface area contributed by atoms with Gasteiger partial charge in [0.15, 0.2) is 0 Å². The molecule has 4 atom stereocenters. The molecule has 8 nitrogen and oxygen atoms in total. The zero-order chi connectivity index (χ0) is 15.5. The fourth-order valence-corrected chi connectivity index (χ4v) is 1.83. The Kier molecular flexibility index (Phi) is 5.32. The maximum atomic E-state index is 11.4. The molecule has 0 aromatic carbocycles. The summed E-state index contributed by atoms with van der Waals surface area (Å²) in [5, 5.41) is 30.4. The highest BCUT2D eigenvalue weighted by Crippen LogP contribution is 2.23. The SMILES string of the molecule is CC(C)(C)OC(=O)NC[C@H]1O[C@@H](CC(=O)O)[C@H](O)[C@@H]1O. The van der Waals surface area contributed by atoms with Gasteiger partial charge in [0.05, 0.1) is 12.5 Å². The van der Waals surface area contributed by atoms with Gasteiger partial charge in [-0.15, -0.1) is 0 Å². The number of carboxylic acids is 1. The highest BCUT2D eigenvalue weighted by Gasteiger charge is 2.43. The fourth-order valence-electron chi connectivity index (χ4n) is 1.83. The van der Waals surface area contributed by atoms with Crippen LogP contribution in [0.3, 0.4) is 0 Å². The number of nitrogens with one attached hydrogen (secondary N) is 1. The number of carbonyl (C=O) groups is 2. The van der Waals surface area contributed by atoms with E-state index in [0.29, 0.717) is 0 Å². The van der Waals surface area contributed by atoms with Gasteiger partial charge in [0.2, 0.25) is 0 Å². The lowest BCUT2D eigenvalue weighted by Gasteiger charge is -2.21. The van der Waals surface area contributed by atoms with Crippen molar-refractivity contribution in [1.29, 1.82) is 0 Å². The number of hydrogen-bond acceptors (Lipinski definition) is 6. The van der Waals surface area contributed by atoms with E-state index in [9.17, 15) is 19.8 Å². The molecule has 4 N–H and O–H groups in total. The third-order valence-corrected chi connectivity index (χ3v) is 2.68. The monoisotopic (exact) mass is 291 g/mol. The zero-order valence-corrected chi connectivity index (χ0v) is 11.7. The van der Waals surface area contributed by atoms with Gasteiger partial charge in [-0.3, -0.25) is 4.79 Å². The van der Waals surface area contributed by atoms with Gasteiger partial charge in [0.1, 0.15) is 23.9 Å². The minimum absolute atomic E-state index is 0.0801. The number of aliphatic carboxylic acids is 1. The lowest BCUT2D eigenvalue weighted by Crippen LogP contribution is -2.41. The molecular formula is C12H21NO7. The first-order valence-corrected chi connectivity index (χ1v) is 6.30. The van der Waals surface area contributed by atoms with Crippen LogP contribution >= 0.6 is 0 Å². The maximum absolute atomic E-state index is 11.4. The smallest absolute Gasteiger partial charge is 0.407 e. The van der Waals surface area contributed by atoms with E-state index in [2.05, 4.69) is 5.32 Å². The molecule has 1 fully saturated rings. The number of amides is 1. The van der Waals surface area contributed by atoms with Gasteiger partial charge in [0.25, 0.3) is 0 Å². The van der Waals surface area contributed by atoms with E-state index in [0.717, 1.165) is 0 Å². The Morgan fingerprint density at radius 1 is 1.20 bits per heavy atom. The first-order valence-electron chi connectivity index (χ1n) is 6.30.